The number of morpholine rings is 1. The van der Waals surface area contributed by atoms with Gasteiger partial charge in [0.25, 0.3) is 0 Å². The van der Waals surface area contributed by atoms with Gasteiger partial charge in [-0.25, -0.2) is 4.39 Å². The molecule has 0 saturated carbocycles. The minimum atomic E-state index is -0.490. The van der Waals surface area contributed by atoms with Crippen LogP contribution in [0.15, 0.2) is 24.3 Å². The van der Waals surface area contributed by atoms with Crippen molar-refractivity contribution in [2.24, 2.45) is 5.92 Å². The van der Waals surface area contributed by atoms with Crippen LogP contribution in [0, 0.1) is 11.7 Å². The Morgan fingerprint density at radius 3 is 2.78 bits per heavy atom. The summed E-state index contributed by atoms with van der Waals surface area (Å²) in [6, 6.07) is 5.98. The van der Waals surface area contributed by atoms with Gasteiger partial charge in [0.1, 0.15) is 11.9 Å². The largest absolute Gasteiger partial charge is 0.379 e. The Bertz CT molecular complexity index is 619. The lowest BCUT2D eigenvalue weighted by Crippen LogP contribution is -2.50. The van der Waals surface area contributed by atoms with Crippen LogP contribution < -0.4 is 5.32 Å². The molecule has 5 nitrogen and oxygen atoms in total. The monoisotopic (exact) mass is 378 g/mol. The van der Waals surface area contributed by atoms with Crippen molar-refractivity contribution in [1.29, 1.82) is 0 Å². The second kappa shape index (κ2) is 9.62. The van der Waals surface area contributed by atoms with Crippen molar-refractivity contribution in [2.75, 3.05) is 32.9 Å². The molecule has 2 aliphatic rings. The number of nitrogens with one attached hydrogen (secondary N) is 1. The average Bonchev–Trinajstić information content (AvgIpc) is 2.62. The van der Waals surface area contributed by atoms with Gasteiger partial charge in [-0.15, -0.1) is 0 Å². The molecule has 1 N–H and O–H groups in total. The summed E-state index contributed by atoms with van der Waals surface area (Å²) in [6.45, 7) is 7.55. The Morgan fingerprint density at radius 2 is 2.07 bits per heavy atom. The summed E-state index contributed by atoms with van der Waals surface area (Å²) in [5.74, 6) is 0.192. The molecule has 0 unspecified atom stereocenters. The third-order valence-corrected chi connectivity index (χ3v) is 5.27. The molecule has 0 spiro atoms. The fourth-order valence-corrected chi connectivity index (χ4v) is 4.02. The molecule has 2 aliphatic heterocycles. The van der Waals surface area contributed by atoms with Gasteiger partial charge < -0.3 is 14.8 Å². The molecule has 27 heavy (non-hydrogen) atoms. The van der Waals surface area contributed by atoms with Gasteiger partial charge in [-0.2, -0.15) is 0 Å². The van der Waals surface area contributed by atoms with Crippen molar-refractivity contribution in [2.45, 2.75) is 51.3 Å². The predicted molar refractivity (Wildman–Crippen MR) is 102 cm³/mol. The maximum atomic E-state index is 13.8. The van der Waals surface area contributed by atoms with Crippen molar-refractivity contribution < 1.29 is 18.7 Å². The van der Waals surface area contributed by atoms with E-state index in [1.807, 2.05) is 6.07 Å². The second-order valence-electron chi connectivity index (χ2n) is 7.96. The lowest BCUT2D eigenvalue weighted by atomic mass is 9.95. The first-order valence-electron chi connectivity index (χ1n) is 10.0. The minimum absolute atomic E-state index is 0.0577. The summed E-state index contributed by atoms with van der Waals surface area (Å²) < 4.78 is 25.1. The van der Waals surface area contributed by atoms with Gasteiger partial charge in [-0.3, -0.25) is 9.69 Å². The Morgan fingerprint density at radius 1 is 1.30 bits per heavy atom. The first-order chi connectivity index (χ1) is 13.0. The van der Waals surface area contributed by atoms with Crippen LogP contribution in [0.2, 0.25) is 0 Å². The van der Waals surface area contributed by atoms with Crippen LogP contribution in [0.1, 0.15) is 44.7 Å². The summed E-state index contributed by atoms with van der Waals surface area (Å²) in [6.07, 6.45) is 2.85. The second-order valence-corrected chi connectivity index (χ2v) is 7.96. The Hall–Kier alpha value is -1.50. The quantitative estimate of drug-likeness (QED) is 0.827. The van der Waals surface area contributed by atoms with E-state index in [2.05, 4.69) is 24.1 Å². The van der Waals surface area contributed by atoms with Crippen molar-refractivity contribution in [3.8, 4) is 0 Å². The topological polar surface area (TPSA) is 50.8 Å². The van der Waals surface area contributed by atoms with Crippen LogP contribution in [0.3, 0.4) is 0 Å². The van der Waals surface area contributed by atoms with E-state index in [9.17, 15) is 9.18 Å². The molecule has 0 bridgehead atoms. The zero-order chi connectivity index (χ0) is 19.2. The lowest BCUT2D eigenvalue weighted by Gasteiger charge is -2.36. The number of nitrogens with zero attached hydrogens (tertiary/aromatic N) is 1. The summed E-state index contributed by atoms with van der Waals surface area (Å²) in [5.41, 5.74) is 0.695. The molecule has 0 radical (unpaired) electrons. The normalized spacial score (nSPS) is 25.3. The highest BCUT2D eigenvalue weighted by Crippen LogP contribution is 2.25. The van der Waals surface area contributed by atoms with Crippen molar-refractivity contribution in [3.05, 3.63) is 35.6 Å². The number of hydrogen-bond donors (Lipinski definition) is 1. The van der Waals surface area contributed by atoms with E-state index in [0.717, 1.165) is 19.3 Å². The molecule has 1 aromatic rings. The smallest absolute Gasteiger partial charge is 0.242 e. The van der Waals surface area contributed by atoms with Crippen LogP contribution in [-0.2, 0) is 14.3 Å². The molecule has 2 fully saturated rings. The van der Waals surface area contributed by atoms with E-state index in [1.54, 1.807) is 6.07 Å². The number of carbonyl (C=O) groups excluding carboxylic acids is 1. The first-order valence-corrected chi connectivity index (χ1v) is 10.0. The number of halogens is 1. The van der Waals surface area contributed by atoms with Crippen LogP contribution in [-0.4, -0.2) is 55.9 Å². The van der Waals surface area contributed by atoms with E-state index < -0.39 is 6.04 Å². The summed E-state index contributed by atoms with van der Waals surface area (Å²) in [7, 11) is 0. The molecular weight excluding hydrogens is 347 g/mol. The third kappa shape index (κ3) is 5.74. The van der Waals surface area contributed by atoms with Crippen molar-refractivity contribution >= 4 is 5.91 Å². The van der Waals surface area contributed by atoms with Crippen LogP contribution in [0.5, 0.6) is 0 Å². The Balaban J connectivity index is 1.70. The molecule has 1 amide bonds. The van der Waals surface area contributed by atoms with Gasteiger partial charge in [-0.1, -0.05) is 26.0 Å². The molecule has 3 rings (SSSR count). The maximum absolute atomic E-state index is 13.8. The number of benzene rings is 1. The highest BCUT2D eigenvalue weighted by molar-refractivity contribution is 5.83. The molecule has 2 saturated heterocycles. The maximum Gasteiger partial charge on any atom is 0.242 e. The SMILES string of the molecule is CC(C)C[C@@H]1C[C@@H](NC(=O)[C@@H](c2cccc(F)c2)N2CCOCC2)CCO1. The average molecular weight is 378 g/mol. The molecular formula is C21H31FN2O3. The number of amides is 1. The highest BCUT2D eigenvalue weighted by atomic mass is 19.1. The molecule has 1 aromatic carbocycles. The van der Waals surface area contributed by atoms with E-state index in [4.69, 9.17) is 9.47 Å². The minimum Gasteiger partial charge on any atom is -0.379 e. The van der Waals surface area contributed by atoms with Crippen molar-refractivity contribution in [3.63, 3.8) is 0 Å². The first kappa shape index (κ1) is 20.2. The Kier molecular flexibility index (Phi) is 7.21. The van der Waals surface area contributed by atoms with E-state index in [1.165, 1.54) is 12.1 Å². The predicted octanol–water partition coefficient (Wildman–Crippen LogP) is 2.91. The molecule has 150 valence electrons. The van der Waals surface area contributed by atoms with Gasteiger partial charge in [-0.05, 0) is 42.9 Å². The number of hydrogen-bond acceptors (Lipinski definition) is 4. The summed E-state index contributed by atoms with van der Waals surface area (Å²) >= 11 is 0. The van der Waals surface area contributed by atoms with E-state index in [0.29, 0.717) is 44.4 Å². The third-order valence-electron chi connectivity index (χ3n) is 5.27. The van der Waals surface area contributed by atoms with E-state index >= 15 is 0 Å². The summed E-state index contributed by atoms with van der Waals surface area (Å²) in [4.78, 5) is 15.3. The van der Waals surface area contributed by atoms with Crippen LogP contribution in [0.25, 0.3) is 0 Å². The lowest BCUT2D eigenvalue weighted by molar-refractivity contribution is -0.130. The molecule has 2 heterocycles. The van der Waals surface area contributed by atoms with Gasteiger partial charge in [0, 0.05) is 25.7 Å². The highest BCUT2D eigenvalue weighted by Gasteiger charge is 2.32. The molecule has 0 aliphatic carbocycles. The van der Waals surface area contributed by atoms with Gasteiger partial charge >= 0.3 is 0 Å². The number of ether oxygens (including phenoxy) is 2. The standard InChI is InChI=1S/C21H31FN2O3/c1-15(2)12-19-14-18(6-9-27-19)23-21(25)20(24-7-10-26-11-8-24)16-4-3-5-17(22)13-16/h3-5,13,15,18-20H,6-12,14H2,1-2H3,(H,23,25)/t18-,19+,20+/m0/s1. The zero-order valence-corrected chi connectivity index (χ0v) is 16.3. The molecule has 6 heteroatoms. The van der Waals surface area contributed by atoms with Gasteiger partial charge in [0.05, 0.1) is 19.3 Å². The fourth-order valence-electron chi connectivity index (χ4n) is 4.02. The van der Waals surface area contributed by atoms with Gasteiger partial charge in [0.2, 0.25) is 5.91 Å². The number of carbonyl (C=O) groups is 1. The Labute approximate surface area is 161 Å². The molecule has 3 atom stereocenters. The van der Waals surface area contributed by atoms with E-state index in [-0.39, 0.29) is 23.9 Å². The van der Waals surface area contributed by atoms with Crippen LogP contribution in [0.4, 0.5) is 4.39 Å². The van der Waals surface area contributed by atoms with Crippen LogP contribution >= 0.6 is 0 Å². The van der Waals surface area contributed by atoms with Crippen molar-refractivity contribution in [1.82, 2.24) is 10.2 Å². The zero-order valence-electron chi connectivity index (χ0n) is 16.3. The summed E-state index contributed by atoms with van der Waals surface area (Å²) in [5, 5.41) is 3.21. The fraction of sp³-hybridized carbons (Fsp3) is 0.667. The molecule has 0 aromatic heterocycles. The van der Waals surface area contributed by atoms with Gasteiger partial charge in [0.15, 0.2) is 0 Å². The number of rotatable bonds is 6.